The van der Waals surface area contributed by atoms with Crippen molar-refractivity contribution in [2.24, 2.45) is 29.6 Å². The van der Waals surface area contributed by atoms with E-state index in [1.54, 1.807) is 40.8 Å². The Bertz CT molecular complexity index is 6120. The number of likely N-dealkylation sites (tertiary alicyclic amines) is 1. The Balaban J connectivity index is 0.000000106. The molecule has 5 amide bonds. The van der Waals surface area contributed by atoms with E-state index in [4.69, 9.17) is 17.1 Å². The predicted octanol–water partition coefficient (Wildman–Crippen LogP) is 13.9. The first-order valence-electron chi connectivity index (χ1n) is 50.6. The van der Waals surface area contributed by atoms with E-state index in [1.165, 1.54) is 51.4 Å². The largest absolute Gasteiger partial charge is 0.390 e. The summed E-state index contributed by atoms with van der Waals surface area (Å²) in [6.45, 7) is 19.9. The predicted molar refractivity (Wildman–Crippen MR) is 526 cm³/mol. The second kappa shape index (κ2) is 40.6. The molecule has 8 saturated carbocycles. The Morgan fingerprint density at radius 2 is 0.737 bits per heavy atom. The lowest BCUT2D eigenvalue weighted by Crippen LogP contribution is -2.53. The number of alkyl halides is 1. The molecule has 9 fully saturated rings. The van der Waals surface area contributed by atoms with Crippen molar-refractivity contribution in [3.05, 3.63) is 132 Å². The minimum absolute atomic E-state index is 0.0573. The third kappa shape index (κ3) is 19.5. The molecule has 6 aliphatic heterocycles. The lowest BCUT2D eigenvalue weighted by atomic mass is 9.84. The molecule has 0 atom stereocenters. The van der Waals surface area contributed by atoms with Gasteiger partial charge in [0.2, 0.25) is 0 Å². The van der Waals surface area contributed by atoms with E-state index in [1.807, 2.05) is 93.1 Å². The van der Waals surface area contributed by atoms with Gasteiger partial charge in [-0.15, -0.1) is 0 Å². The van der Waals surface area contributed by atoms with Crippen molar-refractivity contribution < 1.29 is 33.5 Å². The Kier molecular flexibility index (Phi) is 27.5. The van der Waals surface area contributed by atoms with Crippen molar-refractivity contribution in [2.75, 3.05) is 151 Å². The number of hydrogen-bond acceptors (Lipinski definition) is 22. The quantitative estimate of drug-likeness (QED) is 0.0259. The molecule has 14 aliphatic rings. The van der Waals surface area contributed by atoms with Crippen molar-refractivity contribution in [3.8, 4) is 12.1 Å². The fourth-order valence-corrected chi connectivity index (χ4v) is 24.1. The van der Waals surface area contributed by atoms with E-state index in [-0.39, 0.29) is 54.9 Å². The zero-order valence-corrected chi connectivity index (χ0v) is 79.7. The summed E-state index contributed by atoms with van der Waals surface area (Å²) < 4.78 is 13.0. The fraction of sp³-hybridized carbons (Fsp3) is 0.583. The van der Waals surface area contributed by atoms with Crippen LogP contribution in [0.3, 0.4) is 0 Å². The highest BCUT2D eigenvalue weighted by molar-refractivity contribution is 6.13. The van der Waals surface area contributed by atoms with Crippen LogP contribution in [0.5, 0.6) is 0 Å². The Morgan fingerprint density at radius 1 is 0.423 bits per heavy atom. The monoisotopic (exact) mass is 1860 g/mol. The number of nitrogens with zero attached hydrogens (tertiary/aromatic N) is 21. The van der Waals surface area contributed by atoms with Crippen LogP contribution in [0.2, 0.25) is 0 Å². The molecule has 1 saturated heterocycles. The third-order valence-electron chi connectivity index (χ3n) is 32.1. The van der Waals surface area contributed by atoms with Gasteiger partial charge in [0.05, 0.1) is 121 Å². The number of carbonyl (C=O) groups is 5. The number of fused-ring (bicyclic) bond motifs is 15. The average molecular weight is 1860 g/mol. The highest BCUT2D eigenvalue weighted by atomic mass is 19.1. The van der Waals surface area contributed by atoms with Crippen molar-refractivity contribution in [3.63, 3.8) is 0 Å². The van der Waals surface area contributed by atoms with Gasteiger partial charge in [-0.2, -0.15) is 10.5 Å². The number of rotatable bonds is 21. The van der Waals surface area contributed by atoms with E-state index in [2.05, 4.69) is 122 Å². The van der Waals surface area contributed by atoms with Gasteiger partial charge in [0.15, 0.2) is 0 Å². The first-order chi connectivity index (χ1) is 66.9. The highest BCUT2D eigenvalue weighted by Crippen LogP contribution is 2.48. The molecule has 0 radical (unpaired) electrons. The number of nitrogens with one attached hydrogen (secondary N) is 6. The minimum Gasteiger partial charge on any atom is -0.390 e. The maximum absolute atomic E-state index is 13.1. The standard InChI is InChI=1S/C22H28N6O.C21H26N6O.C21H28N6O.C20H27N5O2.C19H23FN4O/c1-26(11-9-23)13-15-2-4-16(5-3-15)27-14-28(17-6-7-17)22(29)19-12-25-21-18(20(19)27)8-10-24-21;1-22-12-26-13-27(16-6-2-14(3-7-16)10-24-15-4-5-15)19-17-8-9-23-20(17)25-11-18(19)21(26)28;1-3-26-14-27(16-6-4-15(5-7-16)13-25(2)11-9-22)19-17-8-10-23-20(17)24-12-18(19)21(26)28;1-23-12-25(14-4-2-13(3-5-14)9-24-10-15(26)11-24)18-16-6-7-21-19(16)22-8-17(18)20(23)27;20-9-12-1-3-13(4-2-12)23-11-24(14-5-6-14)19(25)16-10-22-18-15(17(16)23)7-8-21-18/h8,10,12,15-17H,2-7,11,13-14H2,1H3,(H,24,25);8-9,11,14-16,24H,2-7,10,12-13H2,(H,23,25);8,10,12,15-16H,3-7,11,13-14H2,1-2H3,(H,23,24);6-8,13-15,26H,2-5,9-12H2,1H3,(H,21,22);7-8,10,12-14H,1-6,9,11H2,(H,21,22). The van der Waals surface area contributed by atoms with Gasteiger partial charge in [-0.25, -0.2) is 31.5 Å². The number of amides is 5. The van der Waals surface area contributed by atoms with Crippen LogP contribution >= 0.6 is 0 Å². The summed E-state index contributed by atoms with van der Waals surface area (Å²) in [4.78, 5) is 134. The summed E-state index contributed by atoms with van der Waals surface area (Å²) in [6.07, 6.45) is 47.5. The van der Waals surface area contributed by atoms with Crippen LogP contribution in [-0.4, -0.2) is 305 Å². The number of H-pyrrole nitrogens is 5. The van der Waals surface area contributed by atoms with E-state index in [0.717, 1.165) is 273 Å². The number of hydrogen-bond donors (Lipinski definition) is 7. The summed E-state index contributed by atoms with van der Waals surface area (Å²) in [6, 6.07) is 18.3. The molecule has 34 heteroatoms. The topological polar surface area (TPSA) is 355 Å². The molecule has 137 heavy (non-hydrogen) atoms. The zero-order valence-electron chi connectivity index (χ0n) is 79.7. The van der Waals surface area contributed by atoms with Crippen LogP contribution < -0.4 is 29.8 Å². The molecule has 0 bridgehead atoms. The molecule has 10 aromatic rings. The summed E-state index contributed by atoms with van der Waals surface area (Å²) >= 11 is 0. The molecular weight excluding hydrogens is 1730 g/mol. The molecule has 722 valence electrons. The lowest BCUT2D eigenvalue weighted by molar-refractivity contribution is -0.0100. The number of halogens is 1. The summed E-state index contributed by atoms with van der Waals surface area (Å²) in [7, 11) is 5.93. The normalized spacial score (nSPS) is 25.2. The van der Waals surface area contributed by atoms with E-state index >= 15 is 0 Å². The van der Waals surface area contributed by atoms with Gasteiger partial charge in [0.25, 0.3) is 36.2 Å². The van der Waals surface area contributed by atoms with Gasteiger partial charge in [-0.05, 0) is 254 Å². The van der Waals surface area contributed by atoms with Gasteiger partial charge >= 0.3 is 0 Å². The number of aromatic nitrogens is 10. The first kappa shape index (κ1) is 92.7. The molecular formula is C103H132FN27O6. The van der Waals surface area contributed by atoms with E-state index in [9.17, 15) is 33.5 Å². The van der Waals surface area contributed by atoms with Gasteiger partial charge in [-0.3, -0.25) is 52.8 Å². The maximum Gasteiger partial charge on any atom is 0.293 e. The number of anilines is 5. The summed E-state index contributed by atoms with van der Waals surface area (Å²) in [5.41, 5.74) is 12.9. The molecule has 0 spiro atoms. The van der Waals surface area contributed by atoms with Gasteiger partial charge in [0, 0.05) is 184 Å². The number of pyridine rings is 5. The number of aromatic amines is 5. The average Bonchev–Trinajstić information content (AvgIpc) is 1.69. The Labute approximate surface area is 800 Å². The van der Waals surface area contributed by atoms with Gasteiger partial charge < -0.3 is 79.4 Å². The number of β-amino-alcohol motifs (C(OH)–C–C–N with tert-alkyl or cyclic N) is 1. The van der Waals surface area contributed by atoms with Crippen LogP contribution in [0.1, 0.15) is 226 Å². The summed E-state index contributed by atoms with van der Waals surface area (Å²) in [5, 5.41) is 36.1. The van der Waals surface area contributed by atoms with Crippen molar-refractivity contribution >= 4 is 113 Å². The number of nitriles is 2. The van der Waals surface area contributed by atoms with E-state index in [0.29, 0.717) is 118 Å². The van der Waals surface area contributed by atoms with Gasteiger partial charge in [-0.1, -0.05) is 0 Å². The molecule has 0 unspecified atom stereocenters. The van der Waals surface area contributed by atoms with Crippen molar-refractivity contribution in [1.82, 2.24) is 94.4 Å². The molecule has 24 rings (SSSR count). The number of aliphatic hydroxyl groups is 1. The lowest BCUT2D eigenvalue weighted by Gasteiger charge is -2.45. The molecule has 33 nitrogen and oxygen atoms in total. The zero-order chi connectivity index (χ0) is 94.2. The van der Waals surface area contributed by atoms with Gasteiger partial charge in [0.1, 0.15) is 34.9 Å². The third-order valence-corrected chi connectivity index (χ3v) is 32.1. The fourth-order valence-electron chi connectivity index (χ4n) is 24.1. The van der Waals surface area contributed by atoms with Crippen molar-refractivity contribution in [1.29, 1.82) is 10.5 Å². The Morgan fingerprint density at radius 3 is 1.08 bits per heavy atom. The number of carbonyl (C=O) groups excluding carboxylic acids is 5. The second-order valence-electron chi connectivity index (χ2n) is 41.5. The second-order valence-corrected chi connectivity index (χ2v) is 41.5. The van der Waals surface area contributed by atoms with Crippen LogP contribution in [0.25, 0.3) is 60.0 Å². The SMILES string of the molecule is CCN1CN(C2CCC(CN(C)CC#N)CC2)c2c(cnc3[nH]ccc23)C1=O.CN(CC#N)CC1CCC(N2CN(C3CC3)C(=O)c3cnc4[nH]ccc4c32)CC1.CN1CN(C2CCC(CN3CC(O)C3)CC2)c2c(cnc3[nH]ccc23)C1=O.O=C1c2cnc3[nH]ccc3c2N(C2CCC(CF)CC2)CN1C1CC1.[C-]#[N+]CN1CN(C2CCC(CNC3CC3)CC2)c2c(cnc3[nH]ccc23)C1=O. The Hall–Kier alpha value is -12.0. The minimum atomic E-state index is -0.206. The van der Waals surface area contributed by atoms with Crippen LogP contribution in [0.15, 0.2) is 92.3 Å². The first-order valence-corrected chi connectivity index (χ1v) is 50.6. The van der Waals surface area contributed by atoms with Crippen molar-refractivity contribution in [2.45, 2.75) is 228 Å². The molecule has 16 heterocycles. The van der Waals surface area contributed by atoms with Crippen LogP contribution in [-0.2, 0) is 0 Å². The molecule has 8 aliphatic carbocycles. The van der Waals surface area contributed by atoms with Crippen LogP contribution in [0, 0.1) is 58.8 Å². The number of aliphatic hydroxyl groups excluding tert-OH is 1. The summed E-state index contributed by atoms with van der Waals surface area (Å²) in [5.74, 6) is 3.30. The smallest absolute Gasteiger partial charge is 0.293 e. The maximum atomic E-state index is 13.1. The molecule has 0 aromatic carbocycles. The van der Waals surface area contributed by atoms with Crippen LogP contribution in [0.4, 0.5) is 32.8 Å². The van der Waals surface area contributed by atoms with E-state index < -0.39 is 0 Å². The highest BCUT2D eigenvalue weighted by Gasteiger charge is 2.47. The molecule has 7 N–H and O–H groups in total. The molecule has 10 aromatic heterocycles.